The number of benzene rings is 19. The molecule has 304 valence electrons. The van der Waals surface area contributed by atoms with Crippen LogP contribution in [0.2, 0.25) is 0 Å². The van der Waals surface area contributed by atoms with E-state index in [1.54, 1.807) is 313 Å². The molecule has 29 aromatic carbocycles. The standard InChI is InChI=1S/C71H14O/c1-69(2)68(8-4-6-9(72-3)7-5-8)70-64-56-48-38-28-20-12-10-11-14-18-16(12)24-32-26(18)36-30-22(14)23-15(11)19-17-13(10)21(20)29-35-25(17)33-27(19)37-31(23)41-40(30)52-46(36)54-44(32)50(42(48)34(24)28)58(64)60(54)66-62(52)63-53(41)47(37)55-45(33)51-43(35)49(39(29)38)57(56)65(70)59(51)61(55)67(63)71(66,69)70/h4-7,68H,1-3H3. The van der Waals surface area contributed by atoms with E-state index in [-0.39, 0.29) is 22.2 Å². The summed E-state index contributed by atoms with van der Waals surface area (Å²) in [7, 11) is 1.84. The molecule has 0 radical (unpaired) electrons. The third-order valence-corrected chi connectivity index (χ3v) is 27.0. The maximum absolute atomic E-state index is 6.00. The summed E-state index contributed by atoms with van der Waals surface area (Å²) in [6.07, 6.45) is 0. The topological polar surface area (TPSA) is 9.23 Å². The van der Waals surface area contributed by atoms with Crippen LogP contribution in [0.5, 0.6) is 5.75 Å². The average molecular weight is 883 g/mol. The molecule has 1 fully saturated rings. The predicted molar refractivity (Wildman–Crippen MR) is 303 cm³/mol. The molecule has 1 heteroatoms. The highest BCUT2D eigenvalue weighted by atomic mass is 16.5. The van der Waals surface area contributed by atoms with Crippen molar-refractivity contribution in [3.63, 3.8) is 0 Å². The molecule has 29 aromatic rings. The molecule has 0 bridgehead atoms. The Labute approximate surface area is 394 Å². The molecule has 0 heterocycles. The Morgan fingerprint density at radius 1 is 0.250 bits per heavy atom. The first kappa shape index (κ1) is 27.2. The highest BCUT2D eigenvalue weighted by Gasteiger charge is 2.85. The Bertz CT molecular complexity index is 7280. The molecule has 34 rings (SSSR count). The molecule has 1 unspecified atom stereocenters. The van der Waals surface area contributed by atoms with E-state index < -0.39 is 0 Å². The van der Waals surface area contributed by atoms with Crippen molar-refractivity contribution >= 4 is 291 Å². The van der Waals surface area contributed by atoms with Gasteiger partial charge in [-0.25, -0.2) is 0 Å². The van der Waals surface area contributed by atoms with Crippen molar-refractivity contribution in [2.75, 3.05) is 7.11 Å². The van der Waals surface area contributed by atoms with E-state index in [9.17, 15) is 0 Å². The van der Waals surface area contributed by atoms with Crippen LogP contribution in [0.4, 0.5) is 0 Å². The van der Waals surface area contributed by atoms with E-state index in [2.05, 4.69) is 38.1 Å². The smallest absolute Gasteiger partial charge is 0.118 e. The minimum atomic E-state index is -0.267. The van der Waals surface area contributed by atoms with Crippen molar-refractivity contribution in [2.45, 2.75) is 30.6 Å². The van der Waals surface area contributed by atoms with Gasteiger partial charge in [0.1, 0.15) is 5.75 Å². The van der Waals surface area contributed by atoms with Crippen molar-refractivity contribution in [3.05, 3.63) is 52.1 Å². The molecular weight excluding hydrogens is 869 g/mol. The van der Waals surface area contributed by atoms with Gasteiger partial charge in [-0.15, -0.1) is 0 Å². The van der Waals surface area contributed by atoms with Crippen LogP contribution in [0.1, 0.15) is 47.6 Å². The fourth-order valence-electron chi connectivity index (χ4n) is 27.1. The average Bonchev–Trinajstić information content (AvgIpc) is 4.40. The number of rotatable bonds is 2. The van der Waals surface area contributed by atoms with Gasteiger partial charge in [-0.3, -0.25) is 0 Å². The zero-order chi connectivity index (χ0) is 43.3. The van der Waals surface area contributed by atoms with Crippen LogP contribution in [-0.4, -0.2) is 7.11 Å². The minimum absolute atomic E-state index is 0.120. The normalized spacial score (nSPS) is 21.2. The number of hydrogen-bond donors (Lipinski definition) is 0. The molecule has 5 aliphatic rings. The highest BCUT2D eigenvalue weighted by Crippen LogP contribution is 2.93. The van der Waals surface area contributed by atoms with Crippen molar-refractivity contribution in [2.24, 2.45) is 5.41 Å². The Kier molecular flexibility index (Phi) is 2.29. The van der Waals surface area contributed by atoms with Gasteiger partial charge in [0.25, 0.3) is 0 Å². The fourth-order valence-corrected chi connectivity index (χ4v) is 27.1. The SMILES string of the molecule is COc1ccc(C2C(C)(C)C34c5c6c7c8c9c%10c(c%11c%12c3c3c5c5c%13c6c6c7c7c9c9c%14c%10c%10c%11c%11c%12c%12c3c3c5c5c%13c%13c6c6c7c9c7c9c%14c%10c%10c%11c%11c%12c3c3c5c5c%13c6c7c6c9c%10c%11c3c56)C824)cc1. The Morgan fingerprint density at radius 3 is 0.625 bits per heavy atom. The number of ether oxygens (including phenoxy) is 1. The van der Waals surface area contributed by atoms with Crippen molar-refractivity contribution < 1.29 is 4.74 Å². The van der Waals surface area contributed by atoms with E-state index in [1.165, 1.54) is 5.56 Å². The van der Waals surface area contributed by atoms with Crippen LogP contribution in [-0.2, 0) is 10.8 Å². The quantitative estimate of drug-likeness (QED) is 0.157. The van der Waals surface area contributed by atoms with Crippen LogP contribution >= 0.6 is 0 Å². The maximum Gasteiger partial charge on any atom is 0.118 e. The lowest BCUT2D eigenvalue weighted by molar-refractivity contribution is -0.0571. The predicted octanol–water partition coefficient (Wildman–Crippen LogP) is 19.1. The second-order valence-electron chi connectivity index (χ2n) is 27.2. The van der Waals surface area contributed by atoms with Crippen molar-refractivity contribution in [1.29, 1.82) is 0 Å². The van der Waals surface area contributed by atoms with Gasteiger partial charge in [-0.2, -0.15) is 0 Å². The zero-order valence-corrected chi connectivity index (χ0v) is 37.8. The van der Waals surface area contributed by atoms with E-state index in [0.29, 0.717) is 0 Å². The molecule has 1 atom stereocenters. The molecule has 0 amide bonds. The summed E-state index contributed by atoms with van der Waals surface area (Å²) in [5.74, 6) is 1.23. The second kappa shape index (κ2) is 6.06. The molecule has 2 spiro atoms. The van der Waals surface area contributed by atoms with E-state index in [1.807, 2.05) is 7.11 Å². The van der Waals surface area contributed by atoms with Gasteiger partial charge in [-0.05, 0) is 336 Å². The van der Waals surface area contributed by atoms with Crippen LogP contribution in [0.25, 0.3) is 291 Å². The lowest BCUT2D eigenvalue weighted by Crippen LogP contribution is -2.75. The molecule has 0 N–H and O–H groups in total. The first-order valence-corrected chi connectivity index (χ1v) is 27.0. The number of hydrogen-bond acceptors (Lipinski definition) is 1. The molecule has 72 heavy (non-hydrogen) atoms. The van der Waals surface area contributed by atoms with Crippen molar-refractivity contribution in [3.8, 4) is 5.75 Å². The van der Waals surface area contributed by atoms with Crippen LogP contribution in [0.15, 0.2) is 24.3 Å². The van der Waals surface area contributed by atoms with Crippen LogP contribution < -0.4 is 4.74 Å². The van der Waals surface area contributed by atoms with E-state index >= 15 is 0 Å². The Balaban J connectivity index is 1.15. The van der Waals surface area contributed by atoms with Crippen LogP contribution in [0, 0.1) is 5.41 Å². The van der Waals surface area contributed by atoms with Crippen molar-refractivity contribution in [1.82, 2.24) is 0 Å². The minimum Gasteiger partial charge on any atom is -0.497 e. The van der Waals surface area contributed by atoms with Gasteiger partial charge in [0.15, 0.2) is 0 Å². The summed E-state index contributed by atoms with van der Waals surface area (Å²) in [6.45, 7) is 5.58. The zero-order valence-electron chi connectivity index (χ0n) is 37.8. The Hall–Kier alpha value is -8.52. The molecule has 0 aliphatic heterocycles. The van der Waals surface area contributed by atoms with Gasteiger partial charge in [0.2, 0.25) is 0 Å². The Morgan fingerprint density at radius 2 is 0.431 bits per heavy atom. The molecule has 0 aromatic heterocycles. The summed E-state index contributed by atoms with van der Waals surface area (Å²) in [6, 6.07) is 9.65. The first-order chi connectivity index (χ1) is 35.6. The summed E-state index contributed by atoms with van der Waals surface area (Å²) in [5.41, 5.74) is 8.00. The van der Waals surface area contributed by atoms with Crippen LogP contribution in [0.3, 0.4) is 0 Å². The first-order valence-electron chi connectivity index (χ1n) is 27.0. The monoisotopic (exact) mass is 882 g/mol. The number of methoxy groups -OCH3 is 1. The molecule has 1 saturated carbocycles. The lowest BCUT2D eigenvalue weighted by Gasteiger charge is -2.76. The van der Waals surface area contributed by atoms with E-state index in [0.717, 1.165) is 5.75 Å². The summed E-state index contributed by atoms with van der Waals surface area (Å²) < 4.78 is 6.00. The largest absolute Gasteiger partial charge is 0.497 e. The summed E-state index contributed by atoms with van der Waals surface area (Å²) in [4.78, 5) is 0. The molecular formula is C71H14O. The molecule has 5 aliphatic carbocycles. The van der Waals surface area contributed by atoms with Gasteiger partial charge in [0, 0.05) is 16.7 Å². The molecule has 0 saturated heterocycles. The lowest BCUT2D eigenvalue weighted by atomic mass is 9.24. The third kappa shape index (κ3) is 1.40. The van der Waals surface area contributed by atoms with Gasteiger partial charge in [-0.1, -0.05) is 26.0 Å². The van der Waals surface area contributed by atoms with Gasteiger partial charge < -0.3 is 4.74 Å². The summed E-state index contributed by atoms with van der Waals surface area (Å²) >= 11 is 0. The summed E-state index contributed by atoms with van der Waals surface area (Å²) in [5, 5.41) is 90.3. The second-order valence-corrected chi connectivity index (χ2v) is 27.2. The van der Waals surface area contributed by atoms with Gasteiger partial charge >= 0.3 is 0 Å². The maximum atomic E-state index is 6.00. The highest BCUT2D eigenvalue weighted by molar-refractivity contribution is 6.82. The van der Waals surface area contributed by atoms with Gasteiger partial charge in [0.05, 0.1) is 7.11 Å². The fraction of sp³-hybridized carbons (Fsp3) is 0.0986. The third-order valence-electron chi connectivity index (χ3n) is 27.0. The molecule has 1 nitrogen and oxygen atoms in total. The van der Waals surface area contributed by atoms with E-state index in [4.69, 9.17) is 4.74 Å².